The summed E-state index contributed by atoms with van der Waals surface area (Å²) in [5.74, 6) is -1.23. The molecule has 2 atom stereocenters. The van der Waals surface area contributed by atoms with Crippen molar-refractivity contribution in [1.82, 2.24) is 9.78 Å². The van der Waals surface area contributed by atoms with E-state index in [-0.39, 0.29) is 6.10 Å². The summed E-state index contributed by atoms with van der Waals surface area (Å²) in [6.07, 6.45) is 2.08. The zero-order valence-electron chi connectivity index (χ0n) is 8.80. The van der Waals surface area contributed by atoms with Gasteiger partial charge >= 0.3 is 5.97 Å². The standard InChI is InChI=1S/C10H14N2O3/c1-6-8(5-12(2)11-6)9-7(10(13)14)3-4-15-9/h5,7,9H,3-4H2,1-2H3,(H,13,14). The number of carboxylic acids is 1. The molecule has 5 nitrogen and oxygen atoms in total. The lowest BCUT2D eigenvalue weighted by Gasteiger charge is -2.13. The minimum atomic E-state index is -0.791. The first kappa shape index (κ1) is 10.2. The molecule has 0 saturated carbocycles. The van der Waals surface area contributed by atoms with Gasteiger partial charge in [0.15, 0.2) is 0 Å². The van der Waals surface area contributed by atoms with Gasteiger partial charge in [0.2, 0.25) is 0 Å². The smallest absolute Gasteiger partial charge is 0.309 e. The van der Waals surface area contributed by atoms with Gasteiger partial charge in [-0.25, -0.2) is 0 Å². The summed E-state index contributed by atoms with van der Waals surface area (Å²) >= 11 is 0. The van der Waals surface area contributed by atoms with E-state index in [9.17, 15) is 4.79 Å². The highest BCUT2D eigenvalue weighted by molar-refractivity contribution is 5.71. The van der Waals surface area contributed by atoms with Crippen LogP contribution in [0.4, 0.5) is 0 Å². The predicted molar refractivity (Wildman–Crippen MR) is 52.4 cm³/mol. The summed E-state index contributed by atoms with van der Waals surface area (Å²) in [7, 11) is 1.82. The number of aromatic nitrogens is 2. The minimum Gasteiger partial charge on any atom is -0.481 e. The highest BCUT2D eigenvalue weighted by Gasteiger charge is 2.36. The highest BCUT2D eigenvalue weighted by atomic mass is 16.5. The Kier molecular flexibility index (Phi) is 2.48. The maximum Gasteiger partial charge on any atom is 0.309 e. The molecule has 0 bridgehead atoms. The molecule has 0 amide bonds. The first-order valence-electron chi connectivity index (χ1n) is 4.94. The second-order valence-corrected chi connectivity index (χ2v) is 3.87. The topological polar surface area (TPSA) is 64.4 Å². The molecule has 2 heterocycles. The fraction of sp³-hybridized carbons (Fsp3) is 0.600. The minimum absolute atomic E-state index is 0.337. The highest BCUT2D eigenvalue weighted by Crippen LogP contribution is 2.35. The molecule has 2 rings (SSSR count). The maximum absolute atomic E-state index is 11.0. The van der Waals surface area contributed by atoms with Gasteiger partial charge in [0.1, 0.15) is 0 Å². The zero-order valence-corrected chi connectivity index (χ0v) is 8.80. The number of aliphatic carboxylic acids is 1. The average Bonchev–Trinajstić information content (AvgIpc) is 2.71. The molecule has 2 unspecified atom stereocenters. The molecule has 0 spiro atoms. The van der Waals surface area contributed by atoms with E-state index in [1.807, 2.05) is 20.2 Å². The Morgan fingerprint density at radius 2 is 2.47 bits per heavy atom. The van der Waals surface area contributed by atoms with Crippen molar-refractivity contribution in [2.45, 2.75) is 19.4 Å². The van der Waals surface area contributed by atoms with Gasteiger partial charge in [-0.2, -0.15) is 5.10 Å². The Morgan fingerprint density at radius 3 is 3.00 bits per heavy atom. The number of ether oxygens (including phenoxy) is 1. The summed E-state index contributed by atoms with van der Waals surface area (Å²) in [6.45, 7) is 2.38. The lowest BCUT2D eigenvalue weighted by Crippen LogP contribution is -2.17. The van der Waals surface area contributed by atoms with Gasteiger partial charge in [-0.15, -0.1) is 0 Å². The lowest BCUT2D eigenvalue weighted by atomic mass is 9.96. The molecule has 0 radical (unpaired) electrons. The fourth-order valence-corrected chi connectivity index (χ4v) is 2.05. The van der Waals surface area contributed by atoms with Crippen molar-refractivity contribution in [3.05, 3.63) is 17.5 Å². The Labute approximate surface area is 87.7 Å². The van der Waals surface area contributed by atoms with Gasteiger partial charge in [-0.3, -0.25) is 9.48 Å². The molecular weight excluding hydrogens is 196 g/mol. The van der Waals surface area contributed by atoms with E-state index in [0.29, 0.717) is 13.0 Å². The average molecular weight is 210 g/mol. The van der Waals surface area contributed by atoms with Crippen LogP contribution in [0.25, 0.3) is 0 Å². The van der Waals surface area contributed by atoms with Crippen LogP contribution < -0.4 is 0 Å². The number of nitrogens with zero attached hydrogens (tertiary/aromatic N) is 2. The van der Waals surface area contributed by atoms with E-state index in [4.69, 9.17) is 9.84 Å². The molecule has 82 valence electrons. The number of aryl methyl sites for hydroxylation is 2. The van der Waals surface area contributed by atoms with Gasteiger partial charge in [0.05, 0.1) is 17.7 Å². The van der Waals surface area contributed by atoms with Gasteiger partial charge in [-0.1, -0.05) is 0 Å². The number of rotatable bonds is 2. The number of carboxylic acid groups (broad SMARTS) is 1. The fourth-order valence-electron chi connectivity index (χ4n) is 2.05. The van der Waals surface area contributed by atoms with E-state index in [2.05, 4.69) is 5.10 Å². The van der Waals surface area contributed by atoms with E-state index in [0.717, 1.165) is 11.3 Å². The second kappa shape index (κ2) is 3.66. The Bertz CT molecular complexity index is 386. The van der Waals surface area contributed by atoms with Gasteiger partial charge < -0.3 is 9.84 Å². The first-order valence-corrected chi connectivity index (χ1v) is 4.94. The van der Waals surface area contributed by atoms with Crippen molar-refractivity contribution in [3.63, 3.8) is 0 Å². The predicted octanol–water partition coefficient (Wildman–Crippen LogP) is 0.891. The third-order valence-electron chi connectivity index (χ3n) is 2.77. The van der Waals surface area contributed by atoms with Crippen molar-refractivity contribution in [1.29, 1.82) is 0 Å². The monoisotopic (exact) mass is 210 g/mol. The largest absolute Gasteiger partial charge is 0.481 e. The molecule has 1 aromatic rings. The van der Waals surface area contributed by atoms with Crippen molar-refractivity contribution in [2.75, 3.05) is 6.61 Å². The number of hydrogen-bond acceptors (Lipinski definition) is 3. The van der Waals surface area contributed by atoms with Crippen LogP contribution >= 0.6 is 0 Å². The summed E-state index contributed by atoms with van der Waals surface area (Å²) in [6, 6.07) is 0. The summed E-state index contributed by atoms with van der Waals surface area (Å²) in [4.78, 5) is 11.0. The molecule has 0 aromatic carbocycles. The summed E-state index contributed by atoms with van der Waals surface area (Å²) in [5.41, 5.74) is 1.73. The van der Waals surface area contributed by atoms with Gasteiger partial charge in [-0.05, 0) is 13.3 Å². The van der Waals surface area contributed by atoms with Gasteiger partial charge in [0.25, 0.3) is 0 Å². The van der Waals surface area contributed by atoms with Crippen LogP contribution in [0.1, 0.15) is 23.8 Å². The molecule has 1 N–H and O–H groups in total. The Morgan fingerprint density at radius 1 is 1.73 bits per heavy atom. The normalized spacial score (nSPS) is 25.7. The first-order chi connectivity index (χ1) is 7.09. The maximum atomic E-state index is 11.0. The molecule has 1 aromatic heterocycles. The van der Waals surface area contributed by atoms with E-state index in [1.165, 1.54) is 0 Å². The number of hydrogen-bond donors (Lipinski definition) is 1. The molecule has 1 fully saturated rings. The van der Waals surface area contributed by atoms with Crippen LogP contribution in [0.2, 0.25) is 0 Å². The SMILES string of the molecule is Cc1nn(C)cc1C1OCCC1C(=O)O. The quantitative estimate of drug-likeness (QED) is 0.787. The molecule has 1 aliphatic rings. The number of carbonyl (C=O) groups is 1. The van der Waals surface area contributed by atoms with Crippen LogP contribution in [-0.2, 0) is 16.6 Å². The van der Waals surface area contributed by atoms with Crippen LogP contribution in [0.3, 0.4) is 0 Å². The van der Waals surface area contributed by atoms with Crippen molar-refractivity contribution >= 4 is 5.97 Å². The van der Waals surface area contributed by atoms with Crippen molar-refractivity contribution in [3.8, 4) is 0 Å². The van der Waals surface area contributed by atoms with Crippen LogP contribution in [0.15, 0.2) is 6.20 Å². The molecule has 1 aliphatic heterocycles. The lowest BCUT2D eigenvalue weighted by molar-refractivity contribution is -0.143. The zero-order chi connectivity index (χ0) is 11.0. The van der Waals surface area contributed by atoms with Crippen LogP contribution in [0.5, 0.6) is 0 Å². The van der Waals surface area contributed by atoms with E-state index >= 15 is 0 Å². The molecule has 15 heavy (non-hydrogen) atoms. The third-order valence-corrected chi connectivity index (χ3v) is 2.77. The second-order valence-electron chi connectivity index (χ2n) is 3.87. The summed E-state index contributed by atoms with van der Waals surface area (Å²) < 4.78 is 7.16. The Balaban J connectivity index is 2.30. The Hall–Kier alpha value is -1.36. The van der Waals surface area contributed by atoms with E-state index in [1.54, 1.807) is 4.68 Å². The third kappa shape index (κ3) is 1.74. The molecule has 5 heteroatoms. The van der Waals surface area contributed by atoms with Crippen molar-refractivity contribution < 1.29 is 14.6 Å². The van der Waals surface area contributed by atoms with Crippen molar-refractivity contribution in [2.24, 2.45) is 13.0 Å². The molecule has 1 saturated heterocycles. The van der Waals surface area contributed by atoms with Crippen LogP contribution in [-0.4, -0.2) is 27.5 Å². The van der Waals surface area contributed by atoms with Gasteiger partial charge in [0, 0.05) is 25.4 Å². The van der Waals surface area contributed by atoms with E-state index < -0.39 is 11.9 Å². The molecule has 0 aliphatic carbocycles. The summed E-state index contributed by atoms with van der Waals surface area (Å²) in [5, 5.41) is 13.2. The molecular formula is C10H14N2O3. The van der Waals surface area contributed by atoms with Crippen LogP contribution in [0, 0.1) is 12.8 Å².